The number of halogens is 1. The molecule has 4 heteroatoms. The first-order chi connectivity index (χ1) is 4.22. The second-order valence-electron chi connectivity index (χ2n) is 1.58. The maximum absolute atomic E-state index is 10.4. The van der Waals surface area contributed by atoms with E-state index in [9.17, 15) is 4.79 Å². The number of carbonyl (C=O) groups is 1. The molecular weight excluding hydrogens is 140 g/mol. The van der Waals surface area contributed by atoms with Gasteiger partial charge in [-0.25, -0.2) is 0 Å². The smallest absolute Gasteiger partial charge is 0.270 e. The lowest BCUT2D eigenvalue weighted by molar-refractivity contribution is 0.107. The zero-order chi connectivity index (χ0) is 6.85. The number of H-pyrrole nitrogens is 1. The van der Waals surface area contributed by atoms with Crippen LogP contribution in [0.3, 0.4) is 0 Å². The number of nitrogens with one attached hydrogen (secondary N) is 1. The van der Waals surface area contributed by atoms with Gasteiger partial charge in [0.1, 0.15) is 5.69 Å². The number of carbonyl (C=O) groups excluding carboxylic acids is 1. The Balaban J connectivity index is 3.08. The van der Waals surface area contributed by atoms with E-state index in [4.69, 9.17) is 17.3 Å². The van der Waals surface area contributed by atoms with E-state index >= 15 is 0 Å². The molecule has 1 aromatic rings. The van der Waals surface area contributed by atoms with Crippen LogP contribution >= 0.6 is 11.6 Å². The van der Waals surface area contributed by atoms with Crippen LogP contribution in [0.15, 0.2) is 12.3 Å². The van der Waals surface area contributed by atoms with Gasteiger partial charge in [-0.15, -0.1) is 0 Å². The maximum Gasteiger partial charge on any atom is 0.270 e. The monoisotopic (exact) mass is 144 g/mol. The molecule has 0 saturated heterocycles. The second-order valence-corrected chi connectivity index (χ2v) is 1.93. The Morgan fingerprint density at radius 1 is 1.78 bits per heavy atom. The maximum atomic E-state index is 10.4. The molecule has 0 unspecified atom stereocenters. The summed E-state index contributed by atoms with van der Waals surface area (Å²) in [7, 11) is 0. The zero-order valence-corrected chi connectivity index (χ0v) is 5.27. The summed E-state index contributed by atoms with van der Waals surface area (Å²) < 4.78 is 0. The van der Waals surface area contributed by atoms with Gasteiger partial charge in [0.2, 0.25) is 0 Å². The minimum Gasteiger partial charge on any atom is -0.397 e. The number of nitrogens with two attached hydrogens (primary N) is 1. The number of hydrogen-bond acceptors (Lipinski definition) is 2. The molecule has 1 heterocycles. The molecule has 0 bridgehead atoms. The van der Waals surface area contributed by atoms with Crippen molar-refractivity contribution >= 4 is 22.5 Å². The van der Waals surface area contributed by atoms with Crippen LogP contribution in [0.25, 0.3) is 0 Å². The highest BCUT2D eigenvalue weighted by Crippen LogP contribution is 2.09. The molecule has 9 heavy (non-hydrogen) atoms. The first kappa shape index (κ1) is 6.16. The Morgan fingerprint density at radius 2 is 2.44 bits per heavy atom. The van der Waals surface area contributed by atoms with Crippen molar-refractivity contribution in [2.75, 3.05) is 5.73 Å². The van der Waals surface area contributed by atoms with Crippen LogP contribution < -0.4 is 5.73 Å². The van der Waals surface area contributed by atoms with Gasteiger partial charge in [0, 0.05) is 6.20 Å². The summed E-state index contributed by atoms with van der Waals surface area (Å²) in [4.78, 5) is 13.0. The van der Waals surface area contributed by atoms with Gasteiger partial charge in [0.25, 0.3) is 5.24 Å². The summed E-state index contributed by atoms with van der Waals surface area (Å²) in [5.41, 5.74) is 5.95. The number of anilines is 1. The van der Waals surface area contributed by atoms with E-state index in [-0.39, 0.29) is 5.69 Å². The average molecular weight is 145 g/mol. The lowest BCUT2D eigenvalue weighted by Crippen LogP contribution is -1.94. The fraction of sp³-hybridized carbons (Fsp3) is 0. The number of rotatable bonds is 1. The summed E-state index contributed by atoms with van der Waals surface area (Å²) >= 11 is 5.10. The summed E-state index contributed by atoms with van der Waals surface area (Å²) in [5, 5.41) is -0.558. The van der Waals surface area contributed by atoms with Gasteiger partial charge in [0.15, 0.2) is 0 Å². The van der Waals surface area contributed by atoms with Crippen molar-refractivity contribution in [3.05, 3.63) is 18.0 Å². The van der Waals surface area contributed by atoms with Crippen molar-refractivity contribution in [2.24, 2.45) is 0 Å². The largest absolute Gasteiger partial charge is 0.397 e. The van der Waals surface area contributed by atoms with Gasteiger partial charge in [-0.05, 0) is 17.7 Å². The fourth-order valence-corrected chi connectivity index (χ4v) is 0.715. The van der Waals surface area contributed by atoms with Gasteiger partial charge in [-0.3, -0.25) is 4.79 Å². The molecule has 48 valence electrons. The number of aromatic amines is 1. The predicted molar refractivity (Wildman–Crippen MR) is 35.4 cm³/mol. The highest BCUT2D eigenvalue weighted by Gasteiger charge is 2.05. The van der Waals surface area contributed by atoms with E-state index in [0.717, 1.165) is 0 Å². The molecule has 3 N–H and O–H groups in total. The Hall–Kier alpha value is -0.960. The van der Waals surface area contributed by atoms with Crippen molar-refractivity contribution in [2.45, 2.75) is 0 Å². The highest BCUT2D eigenvalue weighted by molar-refractivity contribution is 6.68. The number of hydrogen-bond donors (Lipinski definition) is 2. The molecule has 0 amide bonds. The van der Waals surface area contributed by atoms with Gasteiger partial charge in [-0.1, -0.05) is 0 Å². The molecule has 0 spiro atoms. The molecule has 0 atom stereocenters. The lowest BCUT2D eigenvalue weighted by atomic mass is 10.4. The molecule has 0 aliphatic heterocycles. The van der Waals surface area contributed by atoms with E-state index in [1.54, 1.807) is 12.3 Å². The second kappa shape index (κ2) is 2.11. The highest BCUT2D eigenvalue weighted by atomic mass is 35.5. The third-order valence-electron chi connectivity index (χ3n) is 0.976. The van der Waals surface area contributed by atoms with Crippen LogP contribution in [-0.4, -0.2) is 10.2 Å². The SMILES string of the molecule is Nc1cc[nH]c1C(=O)Cl. The van der Waals surface area contributed by atoms with Crippen LogP contribution in [0.5, 0.6) is 0 Å². The van der Waals surface area contributed by atoms with Crippen LogP contribution in [0.4, 0.5) is 5.69 Å². The summed E-state index contributed by atoms with van der Waals surface area (Å²) in [6, 6.07) is 1.58. The van der Waals surface area contributed by atoms with E-state index in [1.165, 1.54) is 0 Å². The van der Waals surface area contributed by atoms with E-state index in [0.29, 0.717) is 5.69 Å². The first-order valence-corrected chi connectivity index (χ1v) is 2.72. The zero-order valence-electron chi connectivity index (χ0n) is 4.52. The van der Waals surface area contributed by atoms with Crippen molar-refractivity contribution in [3.63, 3.8) is 0 Å². The molecule has 1 aromatic heterocycles. The third kappa shape index (κ3) is 1.05. The minimum absolute atomic E-state index is 0.261. The standard InChI is InChI=1S/C5H5ClN2O/c6-5(9)4-3(7)1-2-8-4/h1-2,8H,7H2. The van der Waals surface area contributed by atoms with E-state index < -0.39 is 5.24 Å². The molecule has 0 aliphatic carbocycles. The van der Waals surface area contributed by atoms with Crippen molar-refractivity contribution in [3.8, 4) is 0 Å². The van der Waals surface area contributed by atoms with Gasteiger partial charge in [0.05, 0.1) is 5.69 Å². The average Bonchev–Trinajstić information content (AvgIpc) is 2.13. The minimum atomic E-state index is -0.558. The van der Waals surface area contributed by atoms with E-state index in [2.05, 4.69) is 4.98 Å². The summed E-state index contributed by atoms with van der Waals surface area (Å²) in [6.45, 7) is 0. The number of nitrogen functional groups attached to an aromatic ring is 1. The van der Waals surface area contributed by atoms with Crippen LogP contribution in [0, 0.1) is 0 Å². The molecule has 0 aromatic carbocycles. The Morgan fingerprint density at radius 3 is 2.67 bits per heavy atom. The van der Waals surface area contributed by atoms with Crippen LogP contribution in [0.1, 0.15) is 10.5 Å². The number of aromatic nitrogens is 1. The fourth-order valence-electron chi connectivity index (χ4n) is 0.552. The van der Waals surface area contributed by atoms with Gasteiger partial charge < -0.3 is 10.7 Å². The molecule has 0 fully saturated rings. The lowest BCUT2D eigenvalue weighted by Gasteiger charge is -1.87. The van der Waals surface area contributed by atoms with Crippen LogP contribution in [-0.2, 0) is 0 Å². The molecule has 0 aliphatic rings. The van der Waals surface area contributed by atoms with Crippen LogP contribution in [0.2, 0.25) is 0 Å². The van der Waals surface area contributed by atoms with Crippen molar-refractivity contribution in [1.29, 1.82) is 0 Å². The molecule has 0 saturated carbocycles. The van der Waals surface area contributed by atoms with Gasteiger partial charge >= 0.3 is 0 Å². The quantitative estimate of drug-likeness (QED) is 0.578. The summed E-state index contributed by atoms with van der Waals surface area (Å²) in [5.74, 6) is 0. The Kier molecular flexibility index (Phi) is 1.44. The summed E-state index contributed by atoms with van der Waals surface area (Å²) in [6.07, 6.45) is 1.56. The Labute approximate surface area is 56.8 Å². The molecular formula is C5H5ClN2O. The van der Waals surface area contributed by atoms with E-state index in [1.807, 2.05) is 0 Å². The Bertz CT molecular complexity index is 231. The predicted octanol–water partition coefficient (Wildman–Crippen LogP) is 0.976. The molecule has 1 rings (SSSR count). The van der Waals surface area contributed by atoms with Gasteiger partial charge in [-0.2, -0.15) is 0 Å². The normalized spacial score (nSPS) is 9.44. The van der Waals surface area contributed by atoms with Crippen molar-refractivity contribution in [1.82, 2.24) is 4.98 Å². The topological polar surface area (TPSA) is 58.9 Å². The third-order valence-corrected chi connectivity index (χ3v) is 1.16. The van der Waals surface area contributed by atoms with Crippen molar-refractivity contribution < 1.29 is 4.79 Å². The molecule has 3 nitrogen and oxygen atoms in total. The first-order valence-electron chi connectivity index (χ1n) is 2.34. The molecule has 0 radical (unpaired) electrons.